The number of esters is 1. The van der Waals surface area contributed by atoms with Crippen LogP contribution in [0.3, 0.4) is 0 Å². The van der Waals surface area contributed by atoms with Gasteiger partial charge in [0.1, 0.15) is 11.5 Å². The lowest BCUT2D eigenvalue weighted by atomic mass is 10.1. The van der Waals surface area contributed by atoms with Crippen LogP contribution in [0.1, 0.15) is 36.0 Å². The van der Waals surface area contributed by atoms with Crippen LogP contribution in [0.5, 0.6) is 11.5 Å². The van der Waals surface area contributed by atoms with Crippen molar-refractivity contribution >= 4 is 45.1 Å². The summed E-state index contributed by atoms with van der Waals surface area (Å²) in [6.07, 6.45) is 0.507. The number of benzene rings is 3. The molecule has 0 fully saturated rings. The lowest BCUT2D eigenvalue weighted by Gasteiger charge is -2.10. The zero-order chi connectivity index (χ0) is 26.1. The zero-order valence-corrected chi connectivity index (χ0v) is 22.1. The number of halogens is 1. The van der Waals surface area contributed by atoms with Gasteiger partial charge in [0.15, 0.2) is 6.61 Å². The van der Waals surface area contributed by atoms with Crippen LogP contribution in [0.4, 0.5) is 11.4 Å². The molecule has 0 unspecified atom stereocenters. The van der Waals surface area contributed by atoms with Crippen LogP contribution in [-0.2, 0) is 19.1 Å². The van der Waals surface area contributed by atoms with E-state index in [0.29, 0.717) is 23.5 Å². The molecule has 0 aliphatic carbocycles. The molecule has 0 spiro atoms. The molecule has 0 aliphatic heterocycles. The molecule has 188 valence electrons. The van der Waals surface area contributed by atoms with Gasteiger partial charge in [-0.2, -0.15) is 0 Å². The van der Waals surface area contributed by atoms with Crippen molar-refractivity contribution in [1.29, 1.82) is 0 Å². The molecule has 3 aromatic rings. The number of amides is 2. The van der Waals surface area contributed by atoms with Gasteiger partial charge in [0.25, 0.3) is 5.91 Å². The fourth-order valence-electron chi connectivity index (χ4n) is 3.49. The molecule has 2 N–H and O–H groups in total. The second kappa shape index (κ2) is 12.9. The van der Waals surface area contributed by atoms with Crippen molar-refractivity contribution in [2.24, 2.45) is 0 Å². The van der Waals surface area contributed by atoms with Crippen molar-refractivity contribution in [2.75, 3.05) is 17.2 Å². The summed E-state index contributed by atoms with van der Waals surface area (Å²) >= 11 is 3.40. The van der Waals surface area contributed by atoms with Crippen LogP contribution in [-0.4, -0.2) is 24.4 Å². The summed E-state index contributed by atoms with van der Waals surface area (Å²) in [7, 11) is 0. The van der Waals surface area contributed by atoms with Crippen molar-refractivity contribution in [3.05, 3.63) is 81.8 Å². The van der Waals surface area contributed by atoms with Gasteiger partial charge < -0.3 is 20.1 Å². The number of carbonyl (C=O) groups excluding carboxylic acids is 3. The van der Waals surface area contributed by atoms with Crippen molar-refractivity contribution in [3.8, 4) is 11.5 Å². The average molecular weight is 553 g/mol. The number of ether oxygens (including phenoxy) is 2. The largest absolute Gasteiger partial charge is 0.457 e. The molecule has 36 heavy (non-hydrogen) atoms. The van der Waals surface area contributed by atoms with Crippen LogP contribution in [0.2, 0.25) is 0 Å². The Morgan fingerprint density at radius 2 is 1.39 bits per heavy atom. The van der Waals surface area contributed by atoms with E-state index >= 15 is 0 Å². The summed E-state index contributed by atoms with van der Waals surface area (Å²) in [5.41, 5.74) is 4.48. The predicted molar refractivity (Wildman–Crippen MR) is 143 cm³/mol. The monoisotopic (exact) mass is 552 g/mol. The quantitative estimate of drug-likeness (QED) is 0.281. The van der Waals surface area contributed by atoms with E-state index in [-0.39, 0.29) is 25.4 Å². The smallest absolute Gasteiger partial charge is 0.306 e. The number of aryl methyl sites for hydroxylation is 3. The highest BCUT2D eigenvalue weighted by atomic mass is 79.9. The highest BCUT2D eigenvalue weighted by molar-refractivity contribution is 9.10. The first-order valence-corrected chi connectivity index (χ1v) is 12.3. The standard InChI is InChI=1S/C28H29BrN2O5/c1-18-13-19(2)15-24(14-18)36-23-10-7-21(8-11-23)30-26(32)5-4-6-28(34)35-17-27(33)31-22-9-12-25(29)20(3)16-22/h7-16H,4-6,17H2,1-3H3,(H,30,32)(H,31,33). The highest BCUT2D eigenvalue weighted by Crippen LogP contribution is 2.25. The molecule has 7 nitrogen and oxygen atoms in total. The van der Waals surface area contributed by atoms with Crippen molar-refractivity contribution in [3.63, 3.8) is 0 Å². The summed E-state index contributed by atoms with van der Waals surface area (Å²) in [6, 6.07) is 18.5. The average Bonchev–Trinajstić information content (AvgIpc) is 2.81. The number of rotatable bonds is 10. The summed E-state index contributed by atoms with van der Waals surface area (Å²) in [5.74, 6) is 0.261. The molecule has 0 bridgehead atoms. The fourth-order valence-corrected chi connectivity index (χ4v) is 3.74. The molecule has 0 saturated heterocycles. The van der Waals surface area contributed by atoms with Gasteiger partial charge in [0.2, 0.25) is 5.91 Å². The predicted octanol–water partition coefficient (Wildman–Crippen LogP) is 6.46. The second-order valence-electron chi connectivity index (χ2n) is 8.52. The third kappa shape index (κ3) is 8.85. The molecule has 2 amide bonds. The first-order valence-electron chi connectivity index (χ1n) is 11.6. The molecular weight excluding hydrogens is 524 g/mol. The number of hydrogen-bond donors (Lipinski definition) is 2. The molecule has 0 radical (unpaired) electrons. The van der Waals surface area contributed by atoms with Gasteiger partial charge in [-0.1, -0.05) is 22.0 Å². The highest BCUT2D eigenvalue weighted by Gasteiger charge is 2.10. The Bertz CT molecular complexity index is 1220. The molecule has 0 heterocycles. The van der Waals surface area contributed by atoms with Crippen LogP contribution in [0.15, 0.2) is 65.1 Å². The number of hydrogen-bond acceptors (Lipinski definition) is 5. The molecular formula is C28H29BrN2O5. The summed E-state index contributed by atoms with van der Waals surface area (Å²) < 4.78 is 11.8. The van der Waals surface area contributed by atoms with Gasteiger partial charge in [-0.05, 0) is 98.5 Å². The Hall–Kier alpha value is -3.65. The van der Waals surface area contributed by atoms with Crippen LogP contribution < -0.4 is 15.4 Å². The fraction of sp³-hybridized carbons (Fsp3) is 0.250. The van der Waals surface area contributed by atoms with E-state index in [1.807, 2.05) is 45.0 Å². The van der Waals surface area contributed by atoms with E-state index in [2.05, 4.69) is 32.6 Å². The third-order valence-electron chi connectivity index (χ3n) is 5.16. The molecule has 0 aromatic heterocycles. The van der Waals surface area contributed by atoms with Crippen LogP contribution in [0, 0.1) is 20.8 Å². The first kappa shape index (κ1) is 26.9. The summed E-state index contributed by atoms with van der Waals surface area (Å²) in [5, 5.41) is 5.48. The van der Waals surface area contributed by atoms with Crippen molar-refractivity contribution in [1.82, 2.24) is 0 Å². The van der Waals surface area contributed by atoms with Gasteiger partial charge >= 0.3 is 5.97 Å². The van der Waals surface area contributed by atoms with Gasteiger partial charge in [-0.15, -0.1) is 0 Å². The van der Waals surface area contributed by atoms with E-state index < -0.39 is 11.9 Å². The molecule has 8 heteroatoms. The van der Waals surface area contributed by atoms with E-state index in [1.165, 1.54) is 0 Å². The van der Waals surface area contributed by atoms with Gasteiger partial charge in [-0.3, -0.25) is 14.4 Å². The Morgan fingerprint density at radius 3 is 2.06 bits per heavy atom. The van der Waals surface area contributed by atoms with Crippen molar-refractivity contribution in [2.45, 2.75) is 40.0 Å². The summed E-state index contributed by atoms with van der Waals surface area (Å²) in [4.78, 5) is 36.1. The Morgan fingerprint density at radius 1 is 0.750 bits per heavy atom. The number of anilines is 2. The molecule has 3 rings (SSSR count). The van der Waals surface area contributed by atoms with Crippen LogP contribution in [0.25, 0.3) is 0 Å². The Kier molecular flexibility index (Phi) is 9.64. The molecule has 0 saturated carbocycles. The van der Waals surface area contributed by atoms with Crippen LogP contribution >= 0.6 is 15.9 Å². The van der Waals surface area contributed by atoms with E-state index in [1.54, 1.807) is 30.3 Å². The third-order valence-corrected chi connectivity index (χ3v) is 6.05. The maximum absolute atomic E-state index is 12.2. The summed E-state index contributed by atoms with van der Waals surface area (Å²) in [6.45, 7) is 5.56. The van der Waals surface area contributed by atoms with E-state index in [4.69, 9.17) is 9.47 Å². The van der Waals surface area contributed by atoms with Gasteiger partial charge in [0, 0.05) is 28.7 Å². The van der Waals surface area contributed by atoms with Crippen molar-refractivity contribution < 1.29 is 23.9 Å². The lowest BCUT2D eigenvalue weighted by Crippen LogP contribution is -2.21. The topological polar surface area (TPSA) is 93.7 Å². The molecule has 0 atom stereocenters. The maximum atomic E-state index is 12.2. The normalized spacial score (nSPS) is 10.4. The van der Waals surface area contributed by atoms with Gasteiger partial charge in [-0.25, -0.2) is 0 Å². The molecule has 3 aromatic carbocycles. The Labute approximate surface area is 219 Å². The van der Waals surface area contributed by atoms with E-state index in [0.717, 1.165) is 26.9 Å². The minimum Gasteiger partial charge on any atom is -0.457 e. The lowest BCUT2D eigenvalue weighted by molar-refractivity contribution is -0.147. The number of nitrogens with one attached hydrogen (secondary N) is 2. The first-order chi connectivity index (χ1) is 17.2. The molecule has 0 aliphatic rings. The minimum atomic E-state index is -0.530. The zero-order valence-electron chi connectivity index (χ0n) is 20.5. The number of carbonyl (C=O) groups is 3. The maximum Gasteiger partial charge on any atom is 0.306 e. The Balaban J connectivity index is 1.34. The van der Waals surface area contributed by atoms with E-state index in [9.17, 15) is 14.4 Å². The van der Waals surface area contributed by atoms with Gasteiger partial charge in [0.05, 0.1) is 0 Å². The SMILES string of the molecule is Cc1cc(C)cc(Oc2ccc(NC(=O)CCCC(=O)OCC(=O)Nc3ccc(Br)c(C)c3)cc2)c1. The second-order valence-corrected chi connectivity index (χ2v) is 9.38. The minimum absolute atomic E-state index is 0.0424.